The van der Waals surface area contributed by atoms with Crippen molar-refractivity contribution in [2.24, 2.45) is 0 Å². The Hall–Kier alpha value is -2.05. The third kappa shape index (κ3) is 3.01. The average molecular weight is 301 g/mol. The summed E-state index contributed by atoms with van der Waals surface area (Å²) in [6.45, 7) is 8.10. The number of aromatic nitrogens is 1. The van der Waals surface area contributed by atoms with Gasteiger partial charge in [-0.05, 0) is 36.1 Å². The second-order valence-electron chi connectivity index (χ2n) is 6.13. The van der Waals surface area contributed by atoms with E-state index in [0.29, 0.717) is 16.3 Å². The maximum atomic E-state index is 11.9. The summed E-state index contributed by atoms with van der Waals surface area (Å²) in [6, 6.07) is 9.50. The van der Waals surface area contributed by atoms with Crippen LogP contribution in [0.2, 0.25) is 5.02 Å². The van der Waals surface area contributed by atoms with Crippen molar-refractivity contribution in [3.05, 3.63) is 56.5 Å². The zero-order valence-corrected chi connectivity index (χ0v) is 13.3. The molecule has 2 aromatic rings. The molecule has 0 unspecified atom stereocenters. The number of hydrogen-bond acceptors (Lipinski definition) is 2. The summed E-state index contributed by atoms with van der Waals surface area (Å²) >= 11 is 6.29. The van der Waals surface area contributed by atoms with Crippen LogP contribution in [0.4, 0.5) is 0 Å². The van der Waals surface area contributed by atoms with Gasteiger partial charge in [0.1, 0.15) is 11.6 Å². The van der Waals surface area contributed by atoms with Crippen molar-refractivity contribution in [2.75, 3.05) is 0 Å². The van der Waals surface area contributed by atoms with Gasteiger partial charge in [0.25, 0.3) is 5.56 Å². The summed E-state index contributed by atoms with van der Waals surface area (Å²) in [6.07, 6.45) is 0. The van der Waals surface area contributed by atoms with Crippen molar-refractivity contribution < 1.29 is 0 Å². The number of nitriles is 1. The number of rotatable bonds is 1. The van der Waals surface area contributed by atoms with Crippen molar-refractivity contribution in [3.8, 4) is 17.2 Å². The topological polar surface area (TPSA) is 56.6 Å². The van der Waals surface area contributed by atoms with Gasteiger partial charge in [0.05, 0.1) is 0 Å². The van der Waals surface area contributed by atoms with Crippen molar-refractivity contribution in [3.63, 3.8) is 0 Å². The number of aromatic amines is 1. The molecule has 0 aliphatic rings. The Balaban J connectivity index is 2.79. The lowest BCUT2D eigenvalue weighted by Gasteiger charge is -2.20. The predicted octanol–water partition coefficient (Wildman–Crippen LogP) is 4.17. The monoisotopic (exact) mass is 300 g/mol. The highest BCUT2D eigenvalue weighted by Gasteiger charge is 2.18. The molecule has 108 valence electrons. The molecule has 0 aliphatic carbocycles. The molecule has 0 amide bonds. The first-order valence-electron chi connectivity index (χ1n) is 6.68. The zero-order valence-electron chi connectivity index (χ0n) is 12.5. The summed E-state index contributed by atoms with van der Waals surface area (Å²) in [5.41, 5.74) is 2.76. The molecule has 1 heterocycles. The van der Waals surface area contributed by atoms with Crippen LogP contribution in [0.3, 0.4) is 0 Å². The summed E-state index contributed by atoms with van der Waals surface area (Å²) in [5.74, 6) is 0. The predicted molar refractivity (Wildman–Crippen MR) is 85.7 cm³/mol. The molecule has 1 aromatic heterocycles. The van der Waals surface area contributed by atoms with E-state index >= 15 is 0 Å². The van der Waals surface area contributed by atoms with Gasteiger partial charge in [0.2, 0.25) is 0 Å². The van der Waals surface area contributed by atoms with Gasteiger partial charge < -0.3 is 4.98 Å². The lowest BCUT2D eigenvalue weighted by Crippen LogP contribution is -2.14. The first-order chi connectivity index (χ1) is 9.74. The number of halogens is 1. The highest BCUT2D eigenvalue weighted by Crippen LogP contribution is 2.34. The molecular formula is C17H17ClN2O. The summed E-state index contributed by atoms with van der Waals surface area (Å²) in [5, 5.41) is 9.79. The summed E-state index contributed by atoms with van der Waals surface area (Å²) in [4.78, 5) is 14.6. The average Bonchev–Trinajstić information content (AvgIpc) is 2.37. The fraction of sp³-hybridized carbons (Fsp3) is 0.294. The number of H-pyrrole nitrogens is 1. The van der Waals surface area contributed by atoms with Gasteiger partial charge in [-0.25, -0.2) is 0 Å². The summed E-state index contributed by atoms with van der Waals surface area (Å²) in [7, 11) is 0. The number of nitrogens with one attached hydrogen (secondary N) is 1. The van der Waals surface area contributed by atoms with Crippen LogP contribution in [0, 0.1) is 18.3 Å². The molecule has 0 saturated carbocycles. The molecule has 21 heavy (non-hydrogen) atoms. The number of benzene rings is 1. The first kappa shape index (κ1) is 15.3. The van der Waals surface area contributed by atoms with Gasteiger partial charge in [-0.1, -0.05) is 38.4 Å². The SMILES string of the molecule is Cc1cc(-c2cc(C(C)(C)C)ccc2Cl)c(C#N)c(=O)[nH]1. The molecule has 0 aliphatic heterocycles. The van der Waals surface area contributed by atoms with Crippen LogP contribution in [0.25, 0.3) is 11.1 Å². The van der Waals surface area contributed by atoms with E-state index in [1.54, 1.807) is 13.0 Å². The van der Waals surface area contributed by atoms with Crippen LogP contribution in [0.15, 0.2) is 29.1 Å². The number of nitrogens with zero attached hydrogens (tertiary/aromatic N) is 1. The third-order valence-corrected chi connectivity index (χ3v) is 3.73. The largest absolute Gasteiger partial charge is 0.325 e. The van der Waals surface area contributed by atoms with Crippen LogP contribution < -0.4 is 5.56 Å². The third-order valence-electron chi connectivity index (χ3n) is 3.40. The van der Waals surface area contributed by atoms with E-state index in [0.717, 1.165) is 11.1 Å². The molecule has 0 bridgehead atoms. The molecule has 1 N–H and O–H groups in total. The van der Waals surface area contributed by atoms with Crippen LogP contribution in [-0.2, 0) is 5.41 Å². The van der Waals surface area contributed by atoms with E-state index in [-0.39, 0.29) is 16.5 Å². The highest BCUT2D eigenvalue weighted by atomic mass is 35.5. The first-order valence-corrected chi connectivity index (χ1v) is 7.06. The molecule has 0 saturated heterocycles. The zero-order chi connectivity index (χ0) is 15.8. The standard InChI is InChI=1S/C17H17ClN2O/c1-10-7-12(14(9-19)16(21)20-10)13-8-11(17(2,3)4)5-6-15(13)18/h5-8H,1-4H3,(H,20,21). The molecule has 0 atom stereocenters. The second-order valence-corrected chi connectivity index (χ2v) is 6.53. The van der Waals surface area contributed by atoms with E-state index in [2.05, 4.69) is 25.8 Å². The number of aryl methyl sites for hydroxylation is 1. The minimum absolute atomic E-state index is 0.0393. The Morgan fingerprint density at radius 2 is 1.86 bits per heavy atom. The highest BCUT2D eigenvalue weighted by molar-refractivity contribution is 6.33. The van der Waals surface area contributed by atoms with E-state index in [9.17, 15) is 10.1 Å². The fourth-order valence-electron chi connectivity index (χ4n) is 2.21. The Kier molecular flexibility index (Phi) is 3.93. The molecule has 3 nitrogen and oxygen atoms in total. The Bertz CT molecular complexity index is 792. The van der Waals surface area contributed by atoms with Crippen LogP contribution in [0.5, 0.6) is 0 Å². The van der Waals surface area contributed by atoms with E-state index in [4.69, 9.17) is 11.6 Å². The van der Waals surface area contributed by atoms with Gasteiger partial charge >= 0.3 is 0 Å². The van der Waals surface area contributed by atoms with E-state index in [1.165, 1.54) is 0 Å². The minimum atomic E-state index is -0.385. The Labute approximate surface area is 129 Å². The Morgan fingerprint density at radius 1 is 1.19 bits per heavy atom. The minimum Gasteiger partial charge on any atom is -0.325 e. The molecule has 0 radical (unpaired) electrons. The molecule has 0 spiro atoms. The van der Waals surface area contributed by atoms with Crippen LogP contribution in [0.1, 0.15) is 37.6 Å². The molecule has 0 fully saturated rings. The van der Waals surface area contributed by atoms with E-state index in [1.807, 2.05) is 24.3 Å². The van der Waals surface area contributed by atoms with Gasteiger partial charge in [0.15, 0.2) is 0 Å². The fourth-order valence-corrected chi connectivity index (χ4v) is 2.43. The molecular weight excluding hydrogens is 284 g/mol. The lowest BCUT2D eigenvalue weighted by molar-refractivity contribution is 0.590. The van der Waals surface area contributed by atoms with E-state index < -0.39 is 0 Å². The van der Waals surface area contributed by atoms with Crippen molar-refractivity contribution >= 4 is 11.6 Å². The molecule has 1 aromatic carbocycles. The van der Waals surface area contributed by atoms with Crippen molar-refractivity contribution in [2.45, 2.75) is 33.1 Å². The number of pyridine rings is 1. The normalized spacial score (nSPS) is 11.2. The van der Waals surface area contributed by atoms with Gasteiger partial charge in [-0.15, -0.1) is 0 Å². The van der Waals surface area contributed by atoms with Crippen molar-refractivity contribution in [1.82, 2.24) is 4.98 Å². The lowest BCUT2D eigenvalue weighted by atomic mass is 9.85. The van der Waals surface area contributed by atoms with Gasteiger partial charge in [-0.3, -0.25) is 4.79 Å². The molecule has 2 rings (SSSR count). The summed E-state index contributed by atoms with van der Waals surface area (Å²) < 4.78 is 0. The smallest absolute Gasteiger partial charge is 0.266 e. The van der Waals surface area contributed by atoms with Gasteiger partial charge in [0, 0.05) is 21.8 Å². The maximum absolute atomic E-state index is 11.9. The number of hydrogen-bond donors (Lipinski definition) is 1. The molecule has 4 heteroatoms. The maximum Gasteiger partial charge on any atom is 0.266 e. The Morgan fingerprint density at radius 3 is 2.43 bits per heavy atom. The van der Waals surface area contributed by atoms with Gasteiger partial charge in [-0.2, -0.15) is 5.26 Å². The second kappa shape index (κ2) is 5.38. The van der Waals surface area contributed by atoms with Crippen LogP contribution in [-0.4, -0.2) is 4.98 Å². The quantitative estimate of drug-likeness (QED) is 0.859. The van der Waals surface area contributed by atoms with Crippen molar-refractivity contribution in [1.29, 1.82) is 5.26 Å². The van der Waals surface area contributed by atoms with Crippen LogP contribution >= 0.6 is 11.6 Å².